The molecule has 0 aliphatic carbocycles. The van der Waals surface area contributed by atoms with Crippen molar-refractivity contribution in [2.24, 2.45) is 4.99 Å². The molecular weight excluding hydrogens is 314 g/mol. The lowest BCUT2D eigenvalue weighted by Gasteiger charge is -2.34. The van der Waals surface area contributed by atoms with E-state index in [1.54, 1.807) is 0 Å². The van der Waals surface area contributed by atoms with Crippen LogP contribution in [0.15, 0.2) is 23.5 Å². The molecule has 0 aromatic carbocycles. The number of guanidine groups is 1. The van der Waals surface area contributed by atoms with Crippen LogP contribution in [0.2, 0.25) is 0 Å². The maximum Gasteiger partial charge on any atom is 0.190 e. The Morgan fingerprint density at radius 1 is 1.00 bits per heavy atom. The van der Waals surface area contributed by atoms with Gasteiger partial charge in [-0.3, -0.25) is 9.67 Å². The summed E-state index contributed by atoms with van der Waals surface area (Å²) in [4.78, 5) is 9.40. The predicted octanol–water partition coefficient (Wildman–Crippen LogP) is 0.856. The molecule has 0 atom stereocenters. The second kappa shape index (κ2) is 11.9. The smallest absolute Gasteiger partial charge is 0.190 e. The second-order valence-electron chi connectivity index (χ2n) is 6.53. The Hall–Kier alpha value is -1.60. The van der Waals surface area contributed by atoms with Gasteiger partial charge in [0.05, 0.1) is 0 Å². The number of nitrogens with zero attached hydrogens (tertiary/aromatic N) is 5. The highest BCUT2D eigenvalue weighted by molar-refractivity contribution is 5.79. The van der Waals surface area contributed by atoms with E-state index in [-0.39, 0.29) is 0 Å². The molecule has 25 heavy (non-hydrogen) atoms. The van der Waals surface area contributed by atoms with Crippen LogP contribution in [0.1, 0.15) is 26.2 Å². The van der Waals surface area contributed by atoms with Gasteiger partial charge in [0, 0.05) is 65.3 Å². The van der Waals surface area contributed by atoms with Crippen LogP contribution in [0.3, 0.4) is 0 Å². The van der Waals surface area contributed by atoms with Gasteiger partial charge >= 0.3 is 0 Å². The fourth-order valence-electron chi connectivity index (χ4n) is 3.10. The summed E-state index contributed by atoms with van der Waals surface area (Å²) in [5.41, 5.74) is 0. The van der Waals surface area contributed by atoms with Gasteiger partial charge in [0.2, 0.25) is 0 Å². The Labute approximate surface area is 152 Å². The number of unbranched alkanes of at least 4 members (excludes halogenated alkanes) is 1. The fraction of sp³-hybridized carbons (Fsp3) is 0.778. The van der Waals surface area contributed by atoms with E-state index in [2.05, 4.69) is 37.4 Å². The first kappa shape index (κ1) is 19.7. The molecule has 0 bridgehead atoms. The van der Waals surface area contributed by atoms with E-state index in [0.717, 1.165) is 32.0 Å². The average Bonchev–Trinajstić information content (AvgIpc) is 3.17. The Kier molecular flexibility index (Phi) is 9.36. The summed E-state index contributed by atoms with van der Waals surface area (Å²) >= 11 is 0. The minimum atomic E-state index is 0.900. The number of hydrogen-bond acceptors (Lipinski definition) is 4. The largest absolute Gasteiger partial charge is 0.356 e. The maximum atomic E-state index is 4.28. The molecule has 7 nitrogen and oxygen atoms in total. The summed E-state index contributed by atoms with van der Waals surface area (Å²) in [6.07, 6.45) is 7.27. The van der Waals surface area contributed by atoms with Crippen molar-refractivity contribution in [3.8, 4) is 0 Å². The van der Waals surface area contributed by atoms with Crippen molar-refractivity contribution < 1.29 is 0 Å². The third kappa shape index (κ3) is 7.88. The van der Waals surface area contributed by atoms with Gasteiger partial charge in [-0.15, -0.1) is 0 Å². The summed E-state index contributed by atoms with van der Waals surface area (Å²) in [6, 6.07) is 1.96. The number of piperazine rings is 1. The Morgan fingerprint density at radius 2 is 1.72 bits per heavy atom. The molecule has 2 heterocycles. The Balaban J connectivity index is 1.45. The van der Waals surface area contributed by atoms with E-state index in [1.807, 2.05) is 30.2 Å². The van der Waals surface area contributed by atoms with Crippen LogP contribution in [0, 0.1) is 0 Å². The van der Waals surface area contributed by atoms with E-state index >= 15 is 0 Å². The molecule has 0 amide bonds. The first-order valence-corrected chi connectivity index (χ1v) is 9.68. The highest BCUT2D eigenvalue weighted by atomic mass is 15.3. The van der Waals surface area contributed by atoms with Crippen molar-refractivity contribution in [2.75, 3.05) is 59.4 Å². The van der Waals surface area contributed by atoms with Gasteiger partial charge in [-0.1, -0.05) is 6.92 Å². The summed E-state index contributed by atoms with van der Waals surface area (Å²) in [7, 11) is 1.83. The number of nitrogens with one attached hydrogen (secondary N) is 2. The molecule has 1 aromatic rings. The quantitative estimate of drug-likeness (QED) is 0.373. The fourth-order valence-corrected chi connectivity index (χ4v) is 3.10. The molecule has 0 spiro atoms. The Bertz CT molecular complexity index is 464. The normalized spacial score (nSPS) is 17.0. The number of aryl methyl sites for hydroxylation is 1. The van der Waals surface area contributed by atoms with Gasteiger partial charge in [0.15, 0.2) is 5.96 Å². The number of aliphatic imine (C=N–C) groups is 1. The molecule has 1 aromatic heterocycles. The van der Waals surface area contributed by atoms with Crippen molar-refractivity contribution >= 4 is 5.96 Å². The van der Waals surface area contributed by atoms with Gasteiger partial charge in [0.25, 0.3) is 0 Å². The molecule has 0 radical (unpaired) electrons. The van der Waals surface area contributed by atoms with Gasteiger partial charge in [-0.05, 0) is 38.4 Å². The van der Waals surface area contributed by atoms with Gasteiger partial charge in [0.1, 0.15) is 0 Å². The third-order valence-electron chi connectivity index (χ3n) is 4.74. The molecule has 0 unspecified atom stereocenters. The molecule has 1 aliphatic heterocycles. The summed E-state index contributed by atoms with van der Waals surface area (Å²) in [6.45, 7) is 12.4. The lowest BCUT2D eigenvalue weighted by molar-refractivity contribution is 0.136. The monoisotopic (exact) mass is 349 g/mol. The van der Waals surface area contributed by atoms with Crippen LogP contribution in [-0.2, 0) is 6.54 Å². The molecule has 0 saturated carbocycles. The zero-order chi connectivity index (χ0) is 17.7. The van der Waals surface area contributed by atoms with Crippen LogP contribution in [-0.4, -0.2) is 84.9 Å². The van der Waals surface area contributed by atoms with E-state index in [4.69, 9.17) is 0 Å². The first-order valence-electron chi connectivity index (χ1n) is 9.68. The van der Waals surface area contributed by atoms with Crippen LogP contribution >= 0.6 is 0 Å². The van der Waals surface area contributed by atoms with Crippen molar-refractivity contribution in [3.05, 3.63) is 18.5 Å². The van der Waals surface area contributed by atoms with E-state index < -0.39 is 0 Å². The van der Waals surface area contributed by atoms with Crippen molar-refractivity contribution in [1.29, 1.82) is 0 Å². The van der Waals surface area contributed by atoms with E-state index in [9.17, 15) is 0 Å². The number of hydrogen-bond donors (Lipinski definition) is 2. The van der Waals surface area contributed by atoms with Crippen LogP contribution in [0.25, 0.3) is 0 Å². The molecule has 1 fully saturated rings. The highest BCUT2D eigenvalue weighted by Gasteiger charge is 2.14. The van der Waals surface area contributed by atoms with E-state index in [0.29, 0.717) is 0 Å². The van der Waals surface area contributed by atoms with E-state index in [1.165, 1.54) is 52.1 Å². The van der Waals surface area contributed by atoms with Crippen molar-refractivity contribution in [2.45, 2.75) is 32.7 Å². The summed E-state index contributed by atoms with van der Waals surface area (Å²) in [5.74, 6) is 0.900. The number of rotatable bonds is 10. The number of likely N-dealkylation sites (N-methyl/N-ethyl adjacent to an activating group) is 1. The molecule has 7 heteroatoms. The molecule has 1 aliphatic rings. The SMILES string of the molecule is CCN1CCN(CCCCNC(=NC)NCCCn2cccn2)CC1. The summed E-state index contributed by atoms with van der Waals surface area (Å²) < 4.78 is 1.96. The average molecular weight is 350 g/mol. The molecule has 2 rings (SSSR count). The van der Waals surface area contributed by atoms with Crippen LogP contribution in [0.4, 0.5) is 0 Å². The maximum absolute atomic E-state index is 4.28. The molecule has 2 N–H and O–H groups in total. The zero-order valence-corrected chi connectivity index (χ0v) is 16.0. The van der Waals surface area contributed by atoms with Crippen LogP contribution in [0.5, 0.6) is 0 Å². The molecular formula is C18H35N7. The first-order chi connectivity index (χ1) is 12.3. The standard InChI is InChI=1S/C18H35N7/c1-3-23-14-16-24(17-15-23)11-5-4-8-20-18(19-2)21-9-6-12-25-13-7-10-22-25/h7,10,13H,3-6,8-9,11-12,14-17H2,1-2H3,(H2,19,20,21). The lowest BCUT2D eigenvalue weighted by Crippen LogP contribution is -2.46. The molecule has 142 valence electrons. The van der Waals surface area contributed by atoms with Gasteiger partial charge < -0.3 is 20.4 Å². The second-order valence-corrected chi connectivity index (χ2v) is 6.53. The Morgan fingerprint density at radius 3 is 2.36 bits per heavy atom. The lowest BCUT2D eigenvalue weighted by atomic mass is 10.2. The summed E-state index contributed by atoms with van der Waals surface area (Å²) in [5, 5.41) is 11.0. The van der Waals surface area contributed by atoms with Crippen LogP contribution < -0.4 is 10.6 Å². The topological polar surface area (TPSA) is 60.7 Å². The third-order valence-corrected chi connectivity index (χ3v) is 4.74. The van der Waals surface area contributed by atoms with Gasteiger partial charge in [-0.25, -0.2) is 0 Å². The van der Waals surface area contributed by atoms with Crippen molar-refractivity contribution in [3.63, 3.8) is 0 Å². The van der Waals surface area contributed by atoms with Crippen molar-refractivity contribution in [1.82, 2.24) is 30.2 Å². The number of aromatic nitrogens is 2. The minimum absolute atomic E-state index is 0.900. The zero-order valence-electron chi connectivity index (χ0n) is 16.0. The molecule has 1 saturated heterocycles. The minimum Gasteiger partial charge on any atom is -0.356 e. The predicted molar refractivity (Wildman–Crippen MR) is 104 cm³/mol. The highest BCUT2D eigenvalue weighted by Crippen LogP contribution is 2.02. The van der Waals surface area contributed by atoms with Gasteiger partial charge in [-0.2, -0.15) is 5.10 Å².